The molecule has 4 unspecified atom stereocenters. The number of ether oxygens (including phenoxy) is 2. The molecule has 8 atom stereocenters. The SMILES string of the molecule is CCN1c2cc3c(cc2C(C)CC1(C)C)C(c1ccccc1C(=O)N(C)CCCC(=O)NC/C=C/c1cn([C@@H]2O[C@H](COP(=O)(O)OP(=O)(O)OP(=O)(O)O)[C@@H](O)[C@H]2O)c(=O)[nH]c1=O)=c1cc2c(cc1O3)=[N+](CC)C(C)(C)CC2C. The van der Waals surface area contributed by atoms with Gasteiger partial charge in [0.1, 0.15) is 36.4 Å². The number of aliphatic hydroxyl groups excluding tert-OH is 2. The van der Waals surface area contributed by atoms with Crippen molar-refractivity contribution in [3.8, 4) is 11.5 Å². The average Bonchev–Trinajstić information content (AvgIpc) is 3.69. The third-order valence-electron chi connectivity index (χ3n) is 15.2. The van der Waals surface area contributed by atoms with Gasteiger partial charge in [0.15, 0.2) is 11.8 Å². The number of hydrogen-bond donors (Lipinski definition) is 8. The van der Waals surface area contributed by atoms with E-state index in [1.165, 1.54) is 23.3 Å². The highest BCUT2D eigenvalue weighted by Crippen LogP contribution is 2.66. The van der Waals surface area contributed by atoms with Crippen LogP contribution in [0.2, 0.25) is 0 Å². The molecule has 5 heterocycles. The van der Waals surface area contributed by atoms with Crippen LogP contribution in [-0.4, -0.2) is 125 Å². The average molecular weight is 1170 g/mol. The van der Waals surface area contributed by atoms with E-state index in [9.17, 15) is 52.9 Å². The normalized spacial score (nSPS) is 23.5. The van der Waals surface area contributed by atoms with E-state index in [1.807, 2.05) is 29.2 Å². The number of rotatable bonds is 19. The fourth-order valence-corrected chi connectivity index (χ4v) is 14.9. The van der Waals surface area contributed by atoms with E-state index in [-0.39, 0.29) is 59.8 Å². The van der Waals surface area contributed by atoms with Crippen LogP contribution in [0, 0.1) is 0 Å². The van der Waals surface area contributed by atoms with Gasteiger partial charge in [0.2, 0.25) is 11.3 Å². The van der Waals surface area contributed by atoms with Crippen LogP contribution in [0.1, 0.15) is 137 Å². The number of phosphoric ester groups is 1. The van der Waals surface area contributed by atoms with Crippen molar-refractivity contribution in [3.05, 3.63) is 126 Å². The molecule has 3 aromatic carbocycles. The summed E-state index contributed by atoms with van der Waals surface area (Å²) in [5.41, 5.74) is 4.44. The molecule has 1 aromatic heterocycles. The summed E-state index contributed by atoms with van der Waals surface area (Å²) < 4.78 is 62.2. The maximum Gasteiger partial charge on any atom is 0.490 e. The minimum Gasteiger partial charge on any atom is -0.456 e. The molecule has 27 heteroatoms. The van der Waals surface area contributed by atoms with Gasteiger partial charge in [-0.3, -0.25) is 28.5 Å². The van der Waals surface area contributed by atoms with Crippen LogP contribution in [0.5, 0.6) is 11.5 Å². The Bertz CT molecular complexity index is 3540. The van der Waals surface area contributed by atoms with Gasteiger partial charge in [0.05, 0.1) is 18.2 Å². The maximum atomic E-state index is 14.7. The van der Waals surface area contributed by atoms with Gasteiger partial charge in [-0.2, -0.15) is 8.62 Å². The Balaban J connectivity index is 0.953. The monoisotopic (exact) mass is 1170 g/mol. The largest absolute Gasteiger partial charge is 0.490 e. The van der Waals surface area contributed by atoms with Crippen molar-refractivity contribution in [2.24, 2.45) is 0 Å². The van der Waals surface area contributed by atoms with Crippen LogP contribution in [0.3, 0.4) is 0 Å². The van der Waals surface area contributed by atoms with Crippen molar-refractivity contribution in [3.63, 3.8) is 0 Å². The smallest absolute Gasteiger partial charge is 0.456 e. The Morgan fingerprint density at radius 2 is 1.61 bits per heavy atom. The fraction of sp³-hybridized carbons (Fsp3) is 0.491. The van der Waals surface area contributed by atoms with E-state index in [0.29, 0.717) is 16.6 Å². The lowest BCUT2D eigenvalue weighted by molar-refractivity contribution is -0.121. The first-order chi connectivity index (χ1) is 37.4. The third-order valence-corrected chi connectivity index (χ3v) is 19.0. The maximum absolute atomic E-state index is 14.7. The molecule has 24 nitrogen and oxygen atoms in total. The molecule has 434 valence electrons. The minimum absolute atomic E-state index is 0.0419. The molecule has 0 aliphatic carbocycles. The van der Waals surface area contributed by atoms with E-state index >= 15 is 0 Å². The number of nitrogens with one attached hydrogen (secondary N) is 2. The highest BCUT2D eigenvalue weighted by molar-refractivity contribution is 7.66. The number of carbonyl (C=O) groups excluding carboxylic acids is 2. The summed E-state index contributed by atoms with van der Waals surface area (Å²) in [6.07, 6.45) is -1.34. The first kappa shape index (κ1) is 60.7. The van der Waals surface area contributed by atoms with Gasteiger partial charge in [0, 0.05) is 90.5 Å². The number of hydrogen-bond acceptors (Lipinski definition) is 15. The molecule has 8 N–H and O–H groups in total. The van der Waals surface area contributed by atoms with Crippen molar-refractivity contribution < 1.29 is 75.7 Å². The standard InChI is InChI=1S/C53H69N6O18P3/c1-10-58-39-24-41-37(22-35(39)30(3)26-52(58,5)6)45(38-23-36-31(4)27-53(7,8)59(11-2)40(36)25-42(38)74-41)33-17-12-13-18-34(33)49(64)56(9)21-15-19-44(60)54-20-14-16-32-28-57(51(65)55-48(32)63)50-47(62)46(61)43(75-50)29-73-79(69,70)77-80(71,72)76-78(66,67)68/h12-14,16-18,22-25,28,30-31,43,46-47,50,61-62H,10-11,15,19-21,26-27,29H2,1-9H3,(H5-,54,55,60,63,65,66,67,68,69,70,71,72)/p+1/b16-14+/t30?,31?,43-,46-,47-,50-/m1/s1. The van der Waals surface area contributed by atoms with Crippen molar-refractivity contribution in [1.82, 2.24) is 24.3 Å². The van der Waals surface area contributed by atoms with Gasteiger partial charge in [0.25, 0.3) is 11.5 Å². The van der Waals surface area contributed by atoms with Gasteiger partial charge in [-0.1, -0.05) is 44.2 Å². The van der Waals surface area contributed by atoms with Gasteiger partial charge < -0.3 is 54.4 Å². The first-order valence-corrected chi connectivity index (χ1v) is 30.8. The predicted octanol–water partition coefficient (Wildman–Crippen LogP) is 4.44. The number of carbonyl (C=O) groups is 2. The van der Waals surface area contributed by atoms with Crippen LogP contribution < -0.4 is 41.4 Å². The van der Waals surface area contributed by atoms with E-state index in [2.05, 4.69) is 108 Å². The summed E-state index contributed by atoms with van der Waals surface area (Å²) in [5, 5.41) is 26.1. The Morgan fingerprint density at radius 3 is 2.30 bits per heavy atom. The molecule has 1 saturated heterocycles. The summed E-state index contributed by atoms with van der Waals surface area (Å²) in [7, 11) is -15.5. The lowest BCUT2D eigenvalue weighted by Crippen LogP contribution is -2.52. The Labute approximate surface area is 461 Å². The summed E-state index contributed by atoms with van der Waals surface area (Å²) >= 11 is 0. The molecular weight excluding hydrogens is 1100 g/mol. The summed E-state index contributed by atoms with van der Waals surface area (Å²) in [6, 6.07) is 16.5. The zero-order valence-electron chi connectivity index (χ0n) is 45.9. The number of aliphatic hydroxyl groups is 2. The molecule has 1 fully saturated rings. The number of phosphoric acid groups is 3. The topological polar surface area (TPSA) is 329 Å². The van der Waals surface area contributed by atoms with Crippen LogP contribution in [0.4, 0.5) is 5.69 Å². The highest BCUT2D eigenvalue weighted by atomic mass is 31.3. The summed E-state index contributed by atoms with van der Waals surface area (Å²) in [4.78, 5) is 96.1. The molecule has 4 aliphatic rings. The number of aromatic amines is 1. The number of nitrogens with zero attached hydrogens (tertiary/aromatic N) is 4. The number of amides is 2. The molecule has 0 spiro atoms. The van der Waals surface area contributed by atoms with Gasteiger partial charge >= 0.3 is 29.2 Å². The predicted molar refractivity (Wildman–Crippen MR) is 295 cm³/mol. The lowest BCUT2D eigenvalue weighted by atomic mass is 9.77. The van der Waals surface area contributed by atoms with Gasteiger partial charge in [-0.15, -0.1) is 0 Å². The molecule has 0 bridgehead atoms. The van der Waals surface area contributed by atoms with Crippen molar-refractivity contribution >= 4 is 52.6 Å². The molecular formula is C53H70N6O18P3+. The van der Waals surface area contributed by atoms with E-state index in [0.717, 1.165) is 76.6 Å². The van der Waals surface area contributed by atoms with E-state index < -0.39 is 65.9 Å². The number of anilines is 1. The number of H-pyrrole nitrogens is 1. The Kier molecular flexibility index (Phi) is 17.5. The fourth-order valence-electron chi connectivity index (χ4n) is 11.8. The van der Waals surface area contributed by atoms with Crippen LogP contribution in [-0.2, 0) is 36.4 Å². The zero-order valence-corrected chi connectivity index (χ0v) is 48.6. The number of aromatic nitrogens is 2. The second kappa shape index (κ2) is 23.1. The van der Waals surface area contributed by atoms with Crippen molar-refractivity contribution in [2.45, 2.75) is 129 Å². The Hall–Kier alpha value is -5.42. The van der Waals surface area contributed by atoms with Crippen LogP contribution in [0.25, 0.3) is 11.6 Å². The number of benzene rings is 3. The van der Waals surface area contributed by atoms with Gasteiger partial charge in [-0.05, 0) is 95.5 Å². The molecule has 0 radical (unpaired) electrons. The molecule has 80 heavy (non-hydrogen) atoms. The second-order valence-corrected chi connectivity index (χ2v) is 26.3. The molecule has 4 aliphatic heterocycles. The molecule has 0 saturated carbocycles. The highest BCUT2D eigenvalue weighted by Gasteiger charge is 2.47. The van der Waals surface area contributed by atoms with E-state index in [1.54, 1.807) is 11.9 Å². The summed E-state index contributed by atoms with van der Waals surface area (Å²) in [6.45, 7) is 18.7. The summed E-state index contributed by atoms with van der Waals surface area (Å²) in [5.74, 6) is 1.39. The molecule has 8 rings (SSSR count). The quantitative estimate of drug-likeness (QED) is 0.0418. The van der Waals surface area contributed by atoms with Crippen molar-refractivity contribution in [1.29, 1.82) is 0 Å². The second-order valence-electron chi connectivity index (χ2n) is 21.9. The van der Waals surface area contributed by atoms with Crippen molar-refractivity contribution in [2.75, 3.05) is 44.7 Å². The minimum atomic E-state index is -5.86. The molecule has 2 amide bonds. The van der Waals surface area contributed by atoms with E-state index in [4.69, 9.17) is 19.3 Å². The Morgan fingerprint density at radius 1 is 0.912 bits per heavy atom. The lowest BCUT2D eigenvalue weighted by Gasteiger charge is -2.47. The van der Waals surface area contributed by atoms with Crippen LogP contribution >= 0.6 is 23.5 Å². The molecule has 4 aromatic rings. The first-order valence-electron chi connectivity index (χ1n) is 26.3. The van der Waals surface area contributed by atoms with Gasteiger partial charge in [-0.25, -0.2) is 23.1 Å². The van der Waals surface area contributed by atoms with Crippen LogP contribution in [0.15, 0.2) is 70.4 Å². The zero-order chi connectivity index (χ0) is 58.6. The third kappa shape index (κ3) is 12.8. The number of fused-ring (bicyclic) bond motifs is 4.